The number of piperidine rings is 1. The molecule has 1 rings (SSSR count). The molecule has 1 aliphatic rings. The van der Waals surface area contributed by atoms with Crippen LogP contribution in [-0.4, -0.2) is 55.4 Å². The second kappa shape index (κ2) is 6.05. The van der Waals surface area contributed by atoms with Crippen LogP contribution in [-0.2, 0) is 9.53 Å². The van der Waals surface area contributed by atoms with E-state index in [0.717, 1.165) is 12.8 Å². The lowest BCUT2D eigenvalue weighted by molar-refractivity contribution is -0.135. The zero-order valence-electron chi connectivity index (χ0n) is 9.19. The first-order valence-corrected chi connectivity index (χ1v) is 5.33. The van der Waals surface area contributed by atoms with Crippen LogP contribution < -0.4 is 5.73 Å². The van der Waals surface area contributed by atoms with E-state index in [1.165, 1.54) is 7.11 Å². The van der Waals surface area contributed by atoms with Gasteiger partial charge >= 0.3 is 0 Å². The summed E-state index contributed by atoms with van der Waals surface area (Å²) in [7, 11) is 1.53. The summed E-state index contributed by atoms with van der Waals surface area (Å²) in [4.78, 5) is 13.5. The molecule has 0 bridgehead atoms. The molecule has 1 unspecified atom stereocenters. The fourth-order valence-electron chi connectivity index (χ4n) is 1.82. The molecule has 1 saturated heterocycles. The van der Waals surface area contributed by atoms with E-state index < -0.39 is 6.04 Å². The molecule has 0 saturated carbocycles. The van der Waals surface area contributed by atoms with Gasteiger partial charge in [0.2, 0.25) is 5.91 Å². The van der Waals surface area contributed by atoms with E-state index in [2.05, 4.69) is 0 Å². The topological polar surface area (TPSA) is 75.8 Å². The molecule has 1 atom stereocenters. The van der Waals surface area contributed by atoms with Gasteiger partial charge in [-0.3, -0.25) is 4.79 Å². The number of carbonyl (C=O) groups excluding carboxylic acids is 1. The minimum absolute atomic E-state index is 0.0479. The Labute approximate surface area is 90.2 Å². The third kappa shape index (κ3) is 3.44. The van der Waals surface area contributed by atoms with Crippen LogP contribution in [0.4, 0.5) is 0 Å². The van der Waals surface area contributed by atoms with Crippen molar-refractivity contribution in [3.05, 3.63) is 0 Å². The summed E-state index contributed by atoms with van der Waals surface area (Å²) in [5.41, 5.74) is 5.66. The van der Waals surface area contributed by atoms with E-state index in [9.17, 15) is 4.79 Å². The zero-order chi connectivity index (χ0) is 11.3. The van der Waals surface area contributed by atoms with E-state index in [1.54, 1.807) is 4.90 Å². The summed E-state index contributed by atoms with van der Waals surface area (Å²) < 4.78 is 4.85. The largest absolute Gasteiger partial charge is 0.396 e. The van der Waals surface area contributed by atoms with E-state index >= 15 is 0 Å². The summed E-state index contributed by atoms with van der Waals surface area (Å²) in [6.45, 7) is 1.87. The molecular formula is C10H20N2O3. The fourth-order valence-corrected chi connectivity index (χ4v) is 1.82. The van der Waals surface area contributed by atoms with Crippen molar-refractivity contribution >= 4 is 5.91 Å². The Morgan fingerprint density at radius 3 is 2.67 bits per heavy atom. The number of carbonyl (C=O) groups is 1. The van der Waals surface area contributed by atoms with Gasteiger partial charge in [0.1, 0.15) is 6.04 Å². The molecule has 0 aromatic rings. The normalized spacial score (nSPS) is 20.3. The first kappa shape index (κ1) is 12.4. The SMILES string of the molecule is COCC(N)C(=O)N1CCC(CO)CC1. The number of nitrogens with two attached hydrogens (primary N) is 1. The molecule has 5 nitrogen and oxygen atoms in total. The Morgan fingerprint density at radius 1 is 1.60 bits per heavy atom. The van der Waals surface area contributed by atoms with Gasteiger partial charge in [-0.25, -0.2) is 0 Å². The van der Waals surface area contributed by atoms with E-state index in [4.69, 9.17) is 15.6 Å². The molecule has 0 radical (unpaired) electrons. The van der Waals surface area contributed by atoms with Crippen LogP contribution in [0.25, 0.3) is 0 Å². The summed E-state index contributed by atoms with van der Waals surface area (Å²) in [5, 5.41) is 8.96. The standard InChI is InChI=1S/C10H20N2O3/c1-15-7-9(11)10(14)12-4-2-8(6-13)3-5-12/h8-9,13H,2-7,11H2,1H3. The highest BCUT2D eigenvalue weighted by Crippen LogP contribution is 2.16. The first-order chi connectivity index (χ1) is 7.19. The number of aliphatic hydroxyl groups excluding tert-OH is 1. The number of rotatable bonds is 4. The highest BCUT2D eigenvalue weighted by Gasteiger charge is 2.25. The molecule has 0 spiro atoms. The third-order valence-electron chi connectivity index (χ3n) is 2.85. The van der Waals surface area contributed by atoms with Gasteiger partial charge in [-0.1, -0.05) is 0 Å². The Hall–Kier alpha value is -0.650. The average molecular weight is 216 g/mol. The molecule has 0 aromatic carbocycles. The molecular weight excluding hydrogens is 196 g/mol. The maximum atomic E-state index is 11.7. The number of ether oxygens (including phenoxy) is 1. The van der Waals surface area contributed by atoms with Crippen LogP contribution in [0.2, 0.25) is 0 Å². The lowest BCUT2D eigenvalue weighted by Crippen LogP contribution is -2.49. The van der Waals surface area contributed by atoms with Crippen LogP contribution in [0.15, 0.2) is 0 Å². The van der Waals surface area contributed by atoms with Crippen molar-refractivity contribution in [2.24, 2.45) is 11.7 Å². The van der Waals surface area contributed by atoms with Crippen molar-refractivity contribution in [3.8, 4) is 0 Å². The minimum Gasteiger partial charge on any atom is -0.396 e. The smallest absolute Gasteiger partial charge is 0.241 e. The van der Waals surface area contributed by atoms with Gasteiger partial charge in [0.05, 0.1) is 6.61 Å². The predicted octanol–water partition coefficient (Wildman–Crippen LogP) is -0.809. The maximum Gasteiger partial charge on any atom is 0.241 e. The van der Waals surface area contributed by atoms with Crippen molar-refractivity contribution in [3.63, 3.8) is 0 Å². The van der Waals surface area contributed by atoms with Gasteiger partial charge < -0.3 is 20.5 Å². The first-order valence-electron chi connectivity index (χ1n) is 5.33. The van der Waals surface area contributed by atoms with Crippen molar-refractivity contribution in [1.82, 2.24) is 4.90 Å². The minimum atomic E-state index is -0.555. The monoisotopic (exact) mass is 216 g/mol. The maximum absolute atomic E-state index is 11.7. The molecule has 0 aromatic heterocycles. The number of amides is 1. The van der Waals surface area contributed by atoms with E-state index in [1.807, 2.05) is 0 Å². The number of hydrogen-bond donors (Lipinski definition) is 2. The Bertz CT molecular complexity index is 203. The zero-order valence-corrected chi connectivity index (χ0v) is 9.19. The molecule has 1 heterocycles. The summed E-state index contributed by atoms with van der Waals surface area (Å²) in [5.74, 6) is 0.293. The third-order valence-corrected chi connectivity index (χ3v) is 2.85. The Balaban J connectivity index is 2.35. The van der Waals surface area contributed by atoms with Crippen LogP contribution in [0.3, 0.4) is 0 Å². The van der Waals surface area contributed by atoms with Gasteiger partial charge in [0, 0.05) is 26.8 Å². The van der Waals surface area contributed by atoms with Crippen LogP contribution in [0.5, 0.6) is 0 Å². The highest BCUT2D eigenvalue weighted by atomic mass is 16.5. The van der Waals surface area contributed by atoms with E-state index in [0.29, 0.717) is 19.0 Å². The molecule has 0 aliphatic carbocycles. The lowest BCUT2D eigenvalue weighted by atomic mass is 9.97. The predicted molar refractivity (Wildman–Crippen MR) is 56.2 cm³/mol. The molecule has 1 aliphatic heterocycles. The molecule has 1 fully saturated rings. The molecule has 3 N–H and O–H groups in total. The van der Waals surface area contributed by atoms with Crippen LogP contribution in [0.1, 0.15) is 12.8 Å². The second-order valence-electron chi connectivity index (χ2n) is 4.01. The molecule has 5 heteroatoms. The van der Waals surface area contributed by atoms with Crippen molar-refractivity contribution in [2.75, 3.05) is 33.4 Å². The van der Waals surface area contributed by atoms with Gasteiger partial charge in [-0.15, -0.1) is 0 Å². The molecule has 1 amide bonds. The van der Waals surface area contributed by atoms with Gasteiger partial charge in [-0.05, 0) is 18.8 Å². The molecule has 88 valence electrons. The Kier molecular flexibility index (Phi) is 5.01. The average Bonchev–Trinajstić information content (AvgIpc) is 2.28. The quantitative estimate of drug-likeness (QED) is 0.644. The number of likely N-dealkylation sites (tertiary alicyclic amines) is 1. The van der Waals surface area contributed by atoms with Crippen LogP contribution >= 0.6 is 0 Å². The van der Waals surface area contributed by atoms with Gasteiger partial charge in [0.25, 0.3) is 0 Å². The highest BCUT2D eigenvalue weighted by molar-refractivity contribution is 5.81. The summed E-state index contributed by atoms with van der Waals surface area (Å²) in [6.07, 6.45) is 1.73. The second-order valence-corrected chi connectivity index (χ2v) is 4.01. The number of aliphatic hydroxyl groups is 1. The number of hydrogen-bond acceptors (Lipinski definition) is 4. The van der Waals surface area contributed by atoms with Crippen molar-refractivity contribution in [2.45, 2.75) is 18.9 Å². The van der Waals surface area contributed by atoms with Crippen molar-refractivity contribution < 1.29 is 14.6 Å². The number of methoxy groups -OCH3 is 1. The van der Waals surface area contributed by atoms with Crippen molar-refractivity contribution in [1.29, 1.82) is 0 Å². The molecule has 15 heavy (non-hydrogen) atoms. The number of nitrogens with zero attached hydrogens (tertiary/aromatic N) is 1. The summed E-state index contributed by atoms with van der Waals surface area (Å²) in [6, 6.07) is -0.555. The van der Waals surface area contributed by atoms with Crippen LogP contribution in [0, 0.1) is 5.92 Å². The lowest BCUT2D eigenvalue weighted by Gasteiger charge is -2.32. The van der Waals surface area contributed by atoms with Gasteiger partial charge in [0.15, 0.2) is 0 Å². The fraction of sp³-hybridized carbons (Fsp3) is 0.900. The van der Waals surface area contributed by atoms with Gasteiger partial charge in [-0.2, -0.15) is 0 Å². The summed E-state index contributed by atoms with van der Waals surface area (Å²) >= 11 is 0. The Morgan fingerprint density at radius 2 is 2.20 bits per heavy atom. The van der Waals surface area contributed by atoms with E-state index in [-0.39, 0.29) is 19.1 Å².